The highest BCUT2D eigenvalue weighted by Gasteiger charge is 2.36. The van der Waals surface area contributed by atoms with Crippen molar-refractivity contribution >= 4 is 5.97 Å². The van der Waals surface area contributed by atoms with Crippen LogP contribution in [0.15, 0.2) is 18.3 Å². The summed E-state index contributed by atoms with van der Waals surface area (Å²) >= 11 is 0. The highest BCUT2D eigenvalue weighted by Crippen LogP contribution is 2.34. The van der Waals surface area contributed by atoms with Gasteiger partial charge < -0.3 is 5.11 Å². The summed E-state index contributed by atoms with van der Waals surface area (Å²) in [5, 5.41) is 8.54. The largest absolute Gasteiger partial charge is 0.481 e. The first-order chi connectivity index (χ1) is 7.32. The Labute approximate surface area is 89.9 Å². The quantitative estimate of drug-likeness (QED) is 0.873. The molecule has 6 heteroatoms. The first-order valence-corrected chi connectivity index (χ1v) is 4.56. The van der Waals surface area contributed by atoms with Gasteiger partial charge in [0.05, 0.1) is 6.42 Å². The van der Waals surface area contributed by atoms with Crippen molar-refractivity contribution in [1.29, 1.82) is 0 Å². The lowest BCUT2D eigenvalue weighted by molar-refractivity contribution is -0.143. The summed E-state index contributed by atoms with van der Waals surface area (Å²) in [5.41, 5.74) is -1.10. The van der Waals surface area contributed by atoms with Gasteiger partial charge in [0.25, 0.3) is 0 Å². The Morgan fingerprint density at radius 2 is 2.19 bits per heavy atom. The van der Waals surface area contributed by atoms with E-state index >= 15 is 0 Å². The molecule has 0 amide bonds. The summed E-state index contributed by atoms with van der Waals surface area (Å²) in [5.74, 6) is -1.85. The number of carboxylic acids is 1. The smallest absolute Gasteiger partial charge is 0.433 e. The number of aliphatic carboxylic acids is 1. The normalized spacial score (nSPS) is 13.5. The molecule has 1 aromatic rings. The molecule has 0 aliphatic carbocycles. The van der Waals surface area contributed by atoms with Crippen molar-refractivity contribution in [1.82, 2.24) is 4.98 Å². The predicted octanol–water partition coefficient (Wildman–Crippen LogP) is 2.68. The second-order valence-corrected chi connectivity index (χ2v) is 3.44. The lowest BCUT2D eigenvalue weighted by atomic mass is 9.96. The summed E-state index contributed by atoms with van der Waals surface area (Å²) in [6.07, 6.45) is -3.86. The molecule has 0 saturated heterocycles. The number of rotatable bonds is 3. The van der Waals surface area contributed by atoms with Gasteiger partial charge in [0, 0.05) is 6.20 Å². The third kappa shape index (κ3) is 2.95. The minimum Gasteiger partial charge on any atom is -0.481 e. The molecule has 3 nitrogen and oxygen atoms in total. The number of halogens is 3. The van der Waals surface area contributed by atoms with E-state index in [4.69, 9.17) is 5.11 Å². The van der Waals surface area contributed by atoms with Crippen LogP contribution in [0.5, 0.6) is 0 Å². The zero-order chi connectivity index (χ0) is 12.3. The molecule has 1 aromatic heterocycles. The molecule has 1 rings (SSSR count). The fourth-order valence-electron chi connectivity index (χ4n) is 1.42. The molecule has 88 valence electrons. The van der Waals surface area contributed by atoms with Gasteiger partial charge in [-0.2, -0.15) is 13.2 Å². The van der Waals surface area contributed by atoms with Gasteiger partial charge in [-0.25, -0.2) is 0 Å². The molecule has 0 radical (unpaired) electrons. The van der Waals surface area contributed by atoms with Gasteiger partial charge in [-0.3, -0.25) is 9.78 Å². The number of aromatic nitrogens is 1. The molecule has 0 saturated carbocycles. The summed E-state index contributed by atoms with van der Waals surface area (Å²) in [7, 11) is 0. The number of hydrogen-bond donors (Lipinski definition) is 1. The van der Waals surface area contributed by atoms with Gasteiger partial charge in [0.2, 0.25) is 0 Å². The average Bonchev–Trinajstić information content (AvgIpc) is 2.15. The maximum absolute atomic E-state index is 12.5. The van der Waals surface area contributed by atoms with E-state index in [1.165, 1.54) is 19.1 Å². The van der Waals surface area contributed by atoms with E-state index < -0.39 is 23.8 Å². The van der Waals surface area contributed by atoms with Gasteiger partial charge in [-0.1, -0.05) is 13.0 Å². The molecule has 1 heterocycles. The van der Waals surface area contributed by atoms with Crippen molar-refractivity contribution in [3.8, 4) is 0 Å². The highest BCUT2D eigenvalue weighted by molar-refractivity contribution is 5.68. The minimum absolute atomic E-state index is 0.0857. The van der Waals surface area contributed by atoms with Crippen LogP contribution in [-0.4, -0.2) is 16.1 Å². The lowest BCUT2D eigenvalue weighted by Crippen LogP contribution is -2.14. The Hall–Kier alpha value is -1.59. The Morgan fingerprint density at radius 1 is 1.56 bits per heavy atom. The molecule has 1 atom stereocenters. The molecule has 1 N–H and O–H groups in total. The zero-order valence-electron chi connectivity index (χ0n) is 8.45. The molecule has 0 spiro atoms. The predicted molar refractivity (Wildman–Crippen MR) is 49.9 cm³/mol. The van der Waals surface area contributed by atoms with Crippen LogP contribution < -0.4 is 0 Å². The van der Waals surface area contributed by atoms with E-state index in [0.29, 0.717) is 0 Å². The van der Waals surface area contributed by atoms with E-state index in [0.717, 1.165) is 6.20 Å². The Bertz CT molecular complexity index is 390. The van der Waals surface area contributed by atoms with Crippen LogP contribution >= 0.6 is 0 Å². The Balaban J connectivity index is 3.08. The van der Waals surface area contributed by atoms with Gasteiger partial charge in [0.1, 0.15) is 5.69 Å². The van der Waals surface area contributed by atoms with Crippen LogP contribution in [0.2, 0.25) is 0 Å². The van der Waals surface area contributed by atoms with Crippen molar-refractivity contribution in [3.63, 3.8) is 0 Å². The standard InChI is InChI=1S/C10H10F3NO2/c1-6(5-8(15)16)7-3-2-4-14-9(7)10(11,12)13/h2-4,6H,5H2,1H3,(H,15,16). The second kappa shape index (κ2) is 4.51. The Kier molecular flexibility index (Phi) is 3.51. The van der Waals surface area contributed by atoms with Crippen LogP contribution in [0.25, 0.3) is 0 Å². The van der Waals surface area contributed by atoms with Crippen molar-refractivity contribution in [2.45, 2.75) is 25.4 Å². The Morgan fingerprint density at radius 3 is 2.69 bits per heavy atom. The summed E-state index contributed by atoms with van der Waals surface area (Å²) < 4.78 is 37.6. The van der Waals surface area contributed by atoms with E-state index in [9.17, 15) is 18.0 Å². The van der Waals surface area contributed by atoms with Crippen molar-refractivity contribution < 1.29 is 23.1 Å². The first kappa shape index (κ1) is 12.5. The second-order valence-electron chi connectivity index (χ2n) is 3.44. The van der Waals surface area contributed by atoms with Gasteiger partial charge >= 0.3 is 12.1 Å². The number of carbonyl (C=O) groups is 1. The van der Waals surface area contributed by atoms with Crippen LogP contribution in [0.1, 0.15) is 30.5 Å². The number of hydrogen-bond acceptors (Lipinski definition) is 2. The molecule has 0 fully saturated rings. The molecule has 1 unspecified atom stereocenters. The monoisotopic (exact) mass is 233 g/mol. The molecule has 0 aliphatic heterocycles. The third-order valence-corrected chi connectivity index (χ3v) is 2.12. The molecule has 0 aromatic carbocycles. The highest BCUT2D eigenvalue weighted by atomic mass is 19.4. The van der Waals surface area contributed by atoms with E-state index in [1.807, 2.05) is 0 Å². The van der Waals surface area contributed by atoms with Crippen LogP contribution in [0.3, 0.4) is 0 Å². The number of nitrogens with zero attached hydrogens (tertiary/aromatic N) is 1. The van der Waals surface area contributed by atoms with Gasteiger partial charge in [-0.05, 0) is 17.5 Å². The summed E-state index contributed by atoms with van der Waals surface area (Å²) in [6.45, 7) is 1.43. The van der Waals surface area contributed by atoms with Crippen molar-refractivity contribution in [3.05, 3.63) is 29.6 Å². The number of pyridine rings is 1. The van der Waals surface area contributed by atoms with E-state index in [2.05, 4.69) is 4.98 Å². The minimum atomic E-state index is -4.55. The van der Waals surface area contributed by atoms with E-state index in [-0.39, 0.29) is 12.0 Å². The maximum Gasteiger partial charge on any atom is 0.433 e. The molecule has 0 aliphatic rings. The number of alkyl halides is 3. The summed E-state index contributed by atoms with van der Waals surface area (Å²) in [6, 6.07) is 2.62. The fraction of sp³-hybridized carbons (Fsp3) is 0.400. The van der Waals surface area contributed by atoms with Crippen molar-refractivity contribution in [2.24, 2.45) is 0 Å². The summed E-state index contributed by atoms with van der Waals surface area (Å²) in [4.78, 5) is 13.7. The zero-order valence-corrected chi connectivity index (χ0v) is 8.45. The first-order valence-electron chi connectivity index (χ1n) is 4.56. The topological polar surface area (TPSA) is 50.2 Å². The maximum atomic E-state index is 12.5. The number of carboxylic acid groups (broad SMARTS) is 1. The fourth-order valence-corrected chi connectivity index (χ4v) is 1.42. The molecular formula is C10H10F3NO2. The van der Waals surface area contributed by atoms with Gasteiger partial charge in [0.15, 0.2) is 0 Å². The third-order valence-electron chi connectivity index (χ3n) is 2.12. The SMILES string of the molecule is CC(CC(=O)O)c1cccnc1C(F)(F)F. The average molecular weight is 233 g/mol. The molecule has 16 heavy (non-hydrogen) atoms. The lowest BCUT2D eigenvalue weighted by Gasteiger charge is -2.15. The van der Waals surface area contributed by atoms with Crippen LogP contribution in [0.4, 0.5) is 13.2 Å². The van der Waals surface area contributed by atoms with Gasteiger partial charge in [-0.15, -0.1) is 0 Å². The van der Waals surface area contributed by atoms with Crippen LogP contribution in [0, 0.1) is 0 Å². The molecule has 0 bridgehead atoms. The molecular weight excluding hydrogens is 223 g/mol. The van der Waals surface area contributed by atoms with Crippen molar-refractivity contribution in [2.75, 3.05) is 0 Å². The van der Waals surface area contributed by atoms with Crippen LogP contribution in [-0.2, 0) is 11.0 Å². The van der Waals surface area contributed by atoms with E-state index in [1.54, 1.807) is 0 Å².